The van der Waals surface area contributed by atoms with Crippen LogP contribution in [0.2, 0.25) is 0 Å². The van der Waals surface area contributed by atoms with Gasteiger partial charge in [0, 0.05) is 12.8 Å². The van der Waals surface area contributed by atoms with E-state index in [1.54, 1.807) is 6.08 Å². The molecular formula is C57H105NO10. The summed E-state index contributed by atoms with van der Waals surface area (Å²) in [6.45, 7) is 4.25. The summed E-state index contributed by atoms with van der Waals surface area (Å²) in [7, 11) is 0. The van der Waals surface area contributed by atoms with Crippen molar-refractivity contribution in [2.24, 2.45) is 0 Å². The third-order valence-electron chi connectivity index (χ3n) is 13.2. The molecule has 1 aliphatic heterocycles. The molecule has 0 aromatic heterocycles. The van der Waals surface area contributed by atoms with Gasteiger partial charge in [-0.1, -0.05) is 198 Å². The molecule has 1 amide bonds. The Morgan fingerprint density at radius 1 is 0.529 bits per heavy atom. The van der Waals surface area contributed by atoms with Gasteiger partial charge in [0.05, 0.1) is 32.0 Å². The van der Waals surface area contributed by atoms with Gasteiger partial charge >= 0.3 is 5.97 Å². The third-order valence-corrected chi connectivity index (χ3v) is 13.2. The molecule has 1 saturated heterocycles. The molecule has 0 aromatic rings. The molecule has 0 spiro atoms. The largest absolute Gasteiger partial charge is 0.466 e. The molecule has 1 aliphatic rings. The summed E-state index contributed by atoms with van der Waals surface area (Å²) >= 11 is 0. The minimum atomic E-state index is -1.57. The number of carbonyl (C=O) groups is 2. The van der Waals surface area contributed by atoms with E-state index < -0.39 is 49.5 Å². The molecule has 398 valence electrons. The molecule has 0 aliphatic carbocycles. The number of allylic oxidation sites excluding steroid dienone is 5. The molecule has 0 bridgehead atoms. The number of carbonyl (C=O) groups excluding carboxylic acids is 2. The van der Waals surface area contributed by atoms with Crippen LogP contribution in [0.25, 0.3) is 0 Å². The van der Waals surface area contributed by atoms with Crippen LogP contribution in [0.4, 0.5) is 0 Å². The number of aliphatic hydroxyl groups excluding tert-OH is 5. The van der Waals surface area contributed by atoms with Gasteiger partial charge in [-0.05, 0) is 77.0 Å². The Morgan fingerprint density at radius 3 is 1.46 bits per heavy atom. The van der Waals surface area contributed by atoms with E-state index >= 15 is 0 Å². The van der Waals surface area contributed by atoms with E-state index in [4.69, 9.17) is 14.2 Å². The van der Waals surface area contributed by atoms with Crippen molar-refractivity contribution >= 4 is 11.9 Å². The Bertz CT molecular complexity index is 1230. The lowest BCUT2D eigenvalue weighted by molar-refractivity contribution is -0.302. The van der Waals surface area contributed by atoms with Crippen LogP contribution in [0.1, 0.15) is 251 Å². The lowest BCUT2D eigenvalue weighted by atomic mass is 9.99. The summed E-state index contributed by atoms with van der Waals surface area (Å²) in [5.74, 6) is -0.213. The van der Waals surface area contributed by atoms with Crippen LogP contribution in [0.5, 0.6) is 0 Å². The number of amides is 1. The molecule has 68 heavy (non-hydrogen) atoms. The Labute approximate surface area is 415 Å². The van der Waals surface area contributed by atoms with E-state index in [1.165, 1.54) is 148 Å². The molecule has 1 heterocycles. The summed E-state index contributed by atoms with van der Waals surface area (Å²) in [5.41, 5.74) is 0. The summed E-state index contributed by atoms with van der Waals surface area (Å²) in [4.78, 5) is 25.0. The van der Waals surface area contributed by atoms with Gasteiger partial charge in [-0.2, -0.15) is 0 Å². The van der Waals surface area contributed by atoms with E-state index in [0.29, 0.717) is 19.4 Å². The molecule has 1 rings (SSSR count). The number of hydrogen-bond acceptors (Lipinski definition) is 10. The highest BCUT2D eigenvalue weighted by atomic mass is 16.7. The van der Waals surface area contributed by atoms with E-state index in [0.717, 1.165) is 77.0 Å². The van der Waals surface area contributed by atoms with Gasteiger partial charge < -0.3 is 45.1 Å². The first-order valence-electron chi connectivity index (χ1n) is 28.3. The highest BCUT2D eigenvalue weighted by Crippen LogP contribution is 2.23. The number of nitrogens with one attached hydrogen (secondary N) is 1. The number of unbranched alkanes of at least 4 members (excludes halogenated alkanes) is 30. The smallest absolute Gasteiger partial charge is 0.305 e. The van der Waals surface area contributed by atoms with E-state index in [1.807, 2.05) is 6.08 Å². The molecule has 1 fully saturated rings. The predicted octanol–water partition coefficient (Wildman–Crippen LogP) is 12.3. The van der Waals surface area contributed by atoms with E-state index in [9.17, 15) is 35.1 Å². The first-order chi connectivity index (χ1) is 33.2. The topological polar surface area (TPSA) is 175 Å². The summed E-state index contributed by atoms with van der Waals surface area (Å²) in [6.07, 6.45) is 46.7. The Balaban J connectivity index is 2.06. The first-order valence-corrected chi connectivity index (χ1v) is 28.3. The molecular weight excluding hydrogens is 859 g/mol. The second-order valence-corrected chi connectivity index (χ2v) is 19.6. The quantitative estimate of drug-likeness (QED) is 0.0196. The van der Waals surface area contributed by atoms with Crippen LogP contribution in [0.15, 0.2) is 36.5 Å². The normalized spacial score (nSPS) is 19.7. The Morgan fingerprint density at radius 2 is 0.956 bits per heavy atom. The lowest BCUT2D eigenvalue weighted by Gasteiger charge is -2.40. The zero-order valence-electron chi connectivity index (χ0n) is 43.6. The van der Waals surface area contributed by atoms with Crippen molar-refractivity contribution in [1.29, 1.82) is 0 Å². The monoisotopic (exact) mass is 964 g/mol. The average Bonchev–Trinajstić information content (AvgIpc) is 3.33. The van der Waals surface area contributed by atoms with E-state index in [2.05, 4.69) is 43.5 Å². The van der Waals surface area contributed by atoms with E-state index in [-0.39, 0.29) is 18.5 Å². The third kappa shape index (κ3) is 36.8. The second-order valence-electron chi connectivity index (χ2n) is 19.6. The van der Waals surface area contributed by atoms with Gasteiger partial charge in [-0.15, -0.1) is 0 Å². The van der Waals surface area contributed by atoms with Crippen molar-refractivity contribution in [3.8, 4) is 0 Å². The van der Waals surface area contributed by atoms with Gasteiger partial charge in [0.15, 0.2) is 6.29 Å². The van der Waals surface area contributed by atoms with Crippen LogP contribution in [0.3, 0.4) is 0 Å². The van der Waals surface area contributed by atoms with Gasteiger partial charge in [0.25, 0.3) is 0 Å². The minimum Gasteiger partial charge on any atom is -0.466 e. The summed E-state index contributed by atoms with van der Waals surface area (Å²) in [5, 5.41) is 54.1. The molecule has 7 unspecified atom stereocenters. The molecule has 11 nitrogen and oxygen atoms in total. The number of ether oxygens (including phenoxy) is 3. The van der Waals surface area contributed by atoms with Gasteiger partial charge in [-0.25, -0.2) is 0 Å². The van der Waals surface area contributed by atoms with Crippen molar-refractivity contribution in [3.63, 3.8) is 0 Å². The first kappa shape index (κ1) is 63.9. The molecule has 0 radical (unpaired) electrons. The molecule has 11 heteroatoms. The average molecular weight is 964 g/mol. The number of rotatable bonds is 48. The fourth-order valence-corrected chi connectivity index (χ4v) is 8.64. The zero-order valence-corrected chi connectivity index (χ0v) is 43.6. The fourth-order valence-electron chi connectivity index (χ4n) is 8.64. The van der Waals surface area contributed by atoms with Crippen LogP contribution in [0, 0.1) is 0 Å². The predicted molar refractivity (Wildman–Crippen MR) is 278 cm³/mol. The Hall–Kier alpha value is -2.12. The standard InChI is InChI=1S/C57H105NO10/c1-3-5-7-9-11-13-24-29-33-37-41-45-53(62)66-46-42-38-34-30-26-23-21-19-17-15-14-16-18-20-22-25-28-32-36-40-44-52(61)58-49(50(60)43-39-35-31-27-12-10-8-6-4-2)48-67-57-56(65)55(64)54(63)51(47-59)68-57/h9,11,14,16,39,43,49-51,54-57,59-60,63-65H,3-8,10,12-13,15,17-38,40-42,44-48H2,1-2H3,(H,58,61)/b11-9-,16-14-,43-39+. The van der Waals surface area contributed by atoms with Crippen molar-refractivity contribution in [1.82, 2.24) is 5.32 Å². The van der Waals surface area contributed by atoms with Crippen LogP contribution in [-0.4, -0.2) is 100 Å². The van der Waals surface area contributed by atoms with Crippen LogP contribution < -0.4 is 5.32 Å². The van der Waals surface area contributed by atoms with Crippen molar-refractivity contribution in [3.05, 3.63) is 36.5 Å². The number of esters is 1. The maximum Gasteiger partial charge on any atom is 0.305 e. The highest BCUT2D eigenvalue weighted by molar-refractivity contribution is 5.76. The number of hydrogen-bond donors (Lipinski definition) is 6. The molecule has 7 atom stereocenters. The molecule has 0 aromatic carbocycles. The summed E-state index contributed by atoms with van der Waals surface area (Å²) < 4.78 is 16.6. The fraction of sp³-hybridized carbons (Fsp3) is 0.860. The van der Waals surface area contributed by atoms with Gasteiger partial charge in [0.2, 0.25) is 5.91 Å². The molecule has 6 N–H and O–H groups in total. The van der Waals surface area contributed by atoms with Crippen molar-refractivity contribution < 1.29 is 49.3 Å². The second kappa shape index (κ2) is 47.2. The SMILES string of the molecule is CCCC/C=C\CCCCCCCC(=O)OCCCCCCCCCCC/C=C\CCCCCCCCCC(=O)NC(COC1OC(CO)C(O)C(O)C1O)C(O)/C=C/CCCCCCCCC. The van der Waals surface area contributed by atoms with Gasteiger partial charge in [0.1, 0.15) is 24.4 Å². The maximum atomic E-state index is 13.0. The van der Waals surface area contributed by atoms with Crippen molar-refractivity contribution in [2.75, 3.05) is 19.8 Å². The number of aliphatic hydroxyl groups is 5. The molecule has 0 saturated carbocycles. The lowest BCUT2D eigenvalue weighted by Crippen LogP contribution is -2.60. The van der Waals surface area contributed by atoms with Crippen molar-refractivity contribution in [2.45, 2.75) is 294 Å². The maximum absolute atomic E-state index is 13.0. The zero-order chi connectivity index (χ0) is 49.6. The Kier molecular flexibility index (Phi) is 44.4. The highest BCUT2D eigenvalue weighted by Gasteiger charge is 2.44. The van der Waals surface area contributed by atoms with Gasteiger partial charge in [-0.3, -0.25) is 9.59 Å². The minimum absolute atomic E-state index is 0.0195. The summed E-state index contributed by atoms with van der Waals surface area (Å²) in [6, 6.07) is -0.815. The van der Waals surface area contributed by atoms with Crippen LogP contribution in [-0.2, 0) is 23.8 Å². The van der Waals surface area contributed by atoms with Crippen LogP contribution >= 0.6 is 0 Å².